The van der Waals surface area contributed by atoms with Crippen molar-refractivity contribution < 1.29 is 22.9 Å². The quantitative estimate of drug-likeness (QED) is 0.442. The zero-order valence-corrected chi connectivity index (χ0v) is 18.1. The third-order valence-corrected chi connectivity index (χ3v) is 5.74. The Balaban J connectivity index is 2.34. The number of ether oxygens (including phenoxy) is 1. The van der Waals surface area contributed by atoms with Gasteiger partial charge in [0.1, 0.15) is 11.8 Å². The average molecular weight is 436 g/mol. The number of hydrogen-bond donors (Lipinski definition) is 0. The second-order valence-corrected chi connectivity index (χ2v) is 8.66. The van der Waals surface area contributed by atoms with E-state index in [0.717, 1.165) is 22.2 Å². The van der Waals surface area contributed by atoms with Gasteiger partial charge >= 0.3 is 0 Å². The van der Waals surface area contributed by atoms with Gasteiger partial charge in [0.2, 0.25) is 15.9 Å². The fraction of sp³-hybridized carbons (Fsp3) is 0.350. The van der Waals surface area contributed by atoms with Crippen LogP contribution in [0.3, 0.4) is 0 Å². The highest BCUT2D eigenvalue weighted by atomic mass is 32.2. The number of nitrogens with zero attached hydrogens (tertiary/aromatic N) is 3. The van der Waals surface area contributed by atoms with Crippen LogP contribution in [0.15, 0.2) is 48.5 Å². The van der Waals surface area contributed by atoms with Gasteiger partial charge in [0, 0.05) is 25.7 Å². The number of carbonyl (C=O) groups is 1. The van der Waals surface area contributed by atoms with Crippen LogP contribution in [0, 0.1) is 10.1 Å². The first kappa shape index (κ1) is 23.1. The minimum atomic E-state index is -3.89. The molecule has 0 radical (unpaired) electrons. The number of hydrogen-bond acceptors (Lipinski definition) is 6. The van der Waals surface area contributed by atoms with Crippen molar-refractivity contribution in [3.8, 4) is 5.75 Å². The van der Waals surface area contributed by atoms with Gasteiger partial charge in [-0.05, 0) is 30.2 Å². The molecule has 0 N–H and O–H groups in total. The molecule has 0 saturated carbocycles. The fourth-order valence-electron chi connectivity index (χ4n) is 3.12. The summed E-state index contributed by atoms with van der Waals surface area (Å²) in [5.74, 6) is 0.276. The standard InChI is InChI=1S/C20H25N3O6S/c1-5-19(20(24)21(2)14-15-9-11-18(29-3)12-10-15)22(30(4,27)28)16-7-6-8-17(13-16)23(25)26/h6-13,19H,5,14H2,1-4H3. The molecule has 0 aliphatic carbocycles. The van der Waals surface area contributed by atoms with Crippen LogP contribution in [0.1, 0.15) is 18.9 Å². The third kappa shape index (κ3) is 5.47. The summed E-state index contributed by atoms with van der Waals surface area (Å²) in [6.07, 6.45) is 1.17. The molecule has 0 bridgehead atoms. The van der Waals surface area contributed by atoms with E-state index in [1.165, 1.54) is 23.1 Å². The highest BCUT2D eigenvalue weighted by molar-refractivity contribution is 7.92. The summed E-state index contributed by atoms with van der Waals surface area (Å²) in [7, 11) is -0.739. The van der Waals surface area contributed by atoms with E-state index in [4.69, 9.17) is 4.74 Å². The Morgan fingerprint density at radius 1 is 1.20 bits per heavy atom. The number of sulfonamides is 1. The van der Waals surface area contributed by atoms with Crippen molar-refractivity contribution in [1.29, 1.82) is 0 Å². The number of carbonyl (C=O) groups excluding carboxylic acids is 1. The summed E-state index contributed by atoms with van der Waals surface area (Å²) in [6, 6.07) is 11.4. The van der Waals surface area contributed by atoms with Gasteiger partial charge in [0.15, 0.2) is 0 Å². The Morgan fingerprint density at radius 2 is 1.83 bits per heavy atom. The van der Waals surface area contributed by atoms with Crippen molar-refractivity contribution >= 4 is 27.3 Å². The zero-order chi connectivity index (χ0) is 22.5. The van der Waals surface area contributed by atoms with Crippen LogP contribution in [-0.2, 0) is 21.4 Å². The van der Waals surface area contributed by atoms with Gasteiger partial charge < -0.3 is 9.64 Å². The molecule has 0 aromatic heterocycles. The first-order chi connectivity index (χ1) is 14.1. The van der Waals surface area contributed by atoms with Gasteiger partial charge in [-0.3, -0.25) is 19.2 Å². The molecule has 1 atom stereocenters. The SMILES string of the molecule is CCC(C(=O)N(C)Cc1ccc(OC)cc1)N(c1cccc([N+](=O)[O-])c1)S(C)(=O)=O. The van der Waals surface area contributed by atoms with Crippen molar-refractivity contribution in [3.05, 3.63) is 64.2 Å². The molecule has 0 fully saturated rings. The number of anilines is 1. The number of nitro benzene ring substituents is 1. The Morgan fingerprint density at radius 3 is 2.33 bits per heavy atom. The average Bonchev–Trinajstić information content (AvgIpc) is 2.71. The fourth-order valence-corrected chi connectivity index (χ4v) is 4.32. The lowest BCUT2D eigenvalue weighted by atomic mass is 10.1. The van der Waals surface area contributed by atoms with Crippen LogP contribution >= 0.6 is 0 Å². The normalized spacial score (nSPS) is 12.1. The maximum Gasteiger partial charge on any atom is 0.271 e. The Bertz CT molecular complexity index is 1010. The predicted octanol–water partition coefficient (Wildman–Crippen LogP) is 2.81. The minimum Gasteiger partial charge on any atom is -0.497 e. The monoisotopic (exact) mass is 435 g/mol. The highest BCUT2D eigenvalue weighted by Gasteiger charge is 2.34. The number of nitro groups is 1. The molecule has 0 saturated heterocycles. The van der Waals surface area contributed by atoms with Crippen molar-refractivity contribution in [3.63, 3.8) is 0 Å². The molecule has 10 heteroatoms. The number of non-ortho nitro benzene ring substituents is 1. The molecule has 2 aromatic rings. The second-order valence-electron chi connectivity index (χ2n) is 6.80. The molecular weight excluding hydrogens is 410 g/mol. The number of methoxy groups -OCH3 is 1. The highest BCUT2D eigenvalue weighted by Crippen LogP contribution is 2.27. The molecule has 0 aliphatic rings. The first-order valence-corrected chi connectivity index (χ1v) is 11.0. The molecule has 0 aliphatic heterocycles. The van der Waals surface area contributed by atoms with E-state index in [0.29, 0.717) is 5.75 Å². The third-order valence-electron chi connectivity index (χ3n) is 4.56. The number of amides is 1. The second kappa shape index (κ2) is 9.57. The summed E-state index contributed by atoms with van der Waals surface area (Å²) in [5, 5.41) is 11.1. The van der Waals surface area contributed by atoms with E-state index in [1.807, 2.05) is 12.1 Å². The van der Waals surface area contributed by atoms with Gasteiger partial charge in [0.05, 0.1) is 24.0 Å². The Kier molecular flexibility index (Phi) is 7.38. The van der Waals surface area contributed by atoms with Crippen LogP contribution in [0.4, 0.5) is 11.4 Å². The smallest absolute Gasteiger partial charge is 0.271 e. The molecule has 30 heavy (non-hydrogen) atoms. The molecular formula is C20H25N3O6S. The van der Waals surface area contributed by atoms with Gasteiger partial charge in [-0.2, -0.15) is 0 Å². The lowest BCUT2D eigenvalue weighted by Gasteiger charge is -2.32. The summed E-state index contributed by atoms with van der Waals surface area (Å²) < 4.78 is 31.2. The minimum absolute atomic E-state index is 0.0738. The van der Waals surface area contributed by atoms with E-state index in [1.54, 1.807) is 33.2 Å². The zero-order valence-electron chi connectivity index (χ0n) is 17.3. The van der Waals surface area contributed by atoms with Crippen LogP contribution < -0.4 is 9.04 Å². The van der Waals surface area contributed by atoms with Crippen LogP contribution in [0.5, 0.6) is 5.75 Å². The van der Waals surface area contributed by atoms with E-state index >= 15 is 0 Å². The topological polar surface area (TPSA) is 110 Å². The van der Waals surface area contributed by atoms with E-state index < -0.39 is 26.9 Å². The molecule has 2 rings (SSSR count). The van der Waals surface area contributed by atoms with Gasteiger partial charge in [-0.1, -0.05) is 25.1 Å². The van der Waals surface area contributed by atoms with Crippen molar-refractivity contribution in [2.24, 2.45) is 0 Å². The van der Waals surface area contributed by atoms with E-state index in [9.17, 15) is 23.3 Å². The van der Waals surface area contributed by atoms with Crippen molar-refractivity contribution in [2.45, 2.75) is 25.9 Å². The predicted molar refractivity (Wildman–Crippen MR) is 114 cm³/mol. The number of rotatable bonds is 9. The van der Waals surface area contributed by atoms with Crippen molar-refractivity contribution in [1.82, 2.24) is 4.90 Å². The molecule has 1 unspecified atom stereocenters. The summed E-state index contributed by atoms with van der Waals surface area (Å²) >= 11 is 0. The maximum absolute atomic E-state index is 13.1. The number of benzene rings is 2. The first-order valence-electron chi connectivity index (χ1n) is 9.20. The molecule has 2 aromatic carbocycles. The van der Waals surface area contributed by atoms with Gasteiger partial charge in [0.25, 0.3) is 5.69 Å². The lowest BCUT2D eigenvalue weighted by molar-refractivity contribution is -0.384. The molecule has 0 heterocycles. The van der Waals surface area contributed by atoms with Crippen LogP contribution in [0.25, 0.3) is 0 Å². The van der Waals surface area contributed by atoms with E-state index in [-0.39, 0.29) is 24.3 Å². The van der Waals surface area contributed by atoms with Gasteiger partial charge in [-0.25, -0.2) is 8.42 Å². The lowest BCUT2D eigenvalue weighted by Crippen LogP contribution is -2.49. The molecule has 1 amide bonds. The van der Waals surface area contributed by atoms with E-state index in [2.05, 4.69) is 0 Å². The largest absolute Gasteiger partial charge is 0.497 e. The summed E-state index contributed by atoms with van der Waals surface area (Å²) in [4.78, 5) is 25.1. The molecule has 162 valence electrons. The maximum atomic E-state index is 13.1. The summed E-state index contributed by atoms with van der Waals surface area (Å²) in [5.41, 5.74) is 0.669. The number of likely N-dealkylation sites (N-methyl/N-ethyl adjacent to an activating group) is 1. The Labute approximate surface area is 176 Å². The van der Waals surface area contributed by atoms with Gasteiger partial charge in [-0.15, -0.1) is 0 Å². The van der Waals surface area contributed by atoms with Crippen LogP contribution in [-0.4, -0.2) is 50.6 Å². The Hall–Kier alpha value is -3.14. The van der Waals surface area contributed by atoms with Crippen LogP contribution in [0.2, 0.25) is 0 Å². The summed E-state index contributed by atoms with van der Waals surface area (Å²) in [6.45, 7) is 1.96. The molecule has 9 nitrogen and oxygen atoms in total. The molecule has 0 spiro atoms. The van der Waals surface area contributed by atoms with Crippen molar-refractivity contribution in [2.75, 3.05) is 24.7 Å².